The highest BCUT2D eigenvalue weighted by atomic mass is 32.2. The summed E-state index contributed by atoms with van der Waals surface area (Å²) in [6, 6.07) is 0. The molecule has 5 nitrogen and oxygen atoms in total. The molecule has 0 unspecified atom stereocenters. The minimum absolute atomic E-state index is 0.0407. The van der Waals surface area contributed by atoms with Crippen LogP contribution in [0.1, 0.15) is 6.92 Å². The van der Waals surface area contributed by atoms with Crippen molar-refractivity contribution in [1.29, 1.82) is 0 Å². The quantitative estimate of drug-likeness (QED) is 0.603. The summed E-state index contributed by atoms with van der Waals surface area (Å²) in [5.41, 5.74) is 0. The Hall–Kier alpha value is -0.170. The number of aliphatic hydroxyl groups excluding tert-OH is 1. The third-order valence-electron chi connectivity index (χ3n) is 2.27. The third kappa shape index (κ3) is 2.91. The van der Waals surface area contributed by atoms with Crippen molar-refractivity contribution in [2.45, 2.75) is 6.92 Å². The Morgan fingerprint density at radius 2 is 2.14 bits per heavy atom. The lowest BCUT2D eigenvalue weighted by atomic mass is 10.1. The average molecular weight is 223 g/mol. The fourth-order valence-electron chi connectivity index (χ4n) is 1.30. The van der Waals surface area contributed by atoms with E-state index >= 15 is 0 Å². The molecule has 0 bridgehead atoms. The van der Waals surface area contributed by atoms with E-state index in [1.165, 1.54) is 4.31 Å². The Bertz CT molecular complexity index is 259. The first-order chi connectivity index (χ1) is 6.60. The number of nitrogens with zero attached hydrogens (tertiary/aromatic N) is 1. The maximum atomic E-state index is 11.5. The number of rotatable bonds is 6. The maximum Gasteiger partial charge on any atom is 0.216 e. The molecule has 0 aliphatic carbocycles. The van der Waals surface area contributed by atoms with E-state index in [0.29, 0.717) is 19.7 Å². The molecule has 1 aliphatic rings. The third-order valence-corrected chi connectivity index (χ3v) is 4.03. The Morgan fingerprint density at radius 3 is 2.64 bits per heavy atom. The number of aliphatic hydroxyl groups is 1. The lowest BCUT2D eigenvalue weighted by Crippen LogP contribution is -2.52. The van der Waals surface area contributed by atoms with E-state index in [4.69, 9.17) is 9.84 Å². The molecule has 0 aromatic carbocycles. The SMILES string of the molecule is CCOCCS(=O)(=O)N1CC(CO)C1. The topological polar surface area (TPSA) is 66.8 Å². The van der Waals surface area contributed by atoms with Crippen molar-refractivity contribution < 1.29 is 18.3 Å². The Kier molecular flexibility index (Phi) is 4.31. The second-order valence-corrected chi connectivity index (χ2v) is 5.47. The molecule has 1 heterocycles. The second-order valence-electron chi connectivity index (χ2n) is 3.38. The van der Waals surface area contributed by atoms with Crippen LogP contribution in [0.2, 0.25) is 0 Å². The zero-order valence-corrected chi connectivity index (χ0v) is 9.16. The summed E-state index contributed by atoms with van der Waals surface area (Å²) < 4.78 is 29.4. The molecular formula is C8H17NO4S. The van der Waals surface area contributed by atoms with E-state index in [1.54, 1.807) is 0 Å². The smallest absolute Gasteiger partial charge is 0.216 e. The molecule has 6 heteroatoms. The summed E-state index contributed by atoms with van der Waals surface area (Å²) in [5, 5.41) is 8.74. The summed E-state index contributed by atoms with van der Waals surface area (Å²) in [7, 11) is -3.14. The van der Waals surface area contributed by atoms with Crippen molar-refractivity contribution in [2.75, 3.05) is 38.7 Å². The molecule has 0 saturated carbocycles. The molecule has 0 aromatic rings. The van der Waals surface area contributed by atoms with Gasteiger partial charge in [-0.3, -0.25) is 0 Å². The van der Waals surface area contributed by atoms with Gasteiger partial charge in [-0.2, -0.15) is 0 Å². The number of hydrogen-bond acceptors (Lipinski definition) is 4. The van der Waals surface area contributed by atoms with Crippen molar-refractivity contribution in [1.82, 2.24) is 4.31 Å². The lowest BCUT2D eigenvalue weighted by molar-refractivity contribution is 0.115. The van der Waals surface area contributed by atoms with E-state index in [1.807, 2.05) is 6.92 Å². The molecule has 0 radical (unpaired) electrons. The molecule has 1 saturated heterocycles. The molecule has 1 fully saturated rings. The van der Waals surface area contributed by atoms with Crippen LogP contribution in [0.3, 0.4) is 0 Å². The van der Waals surface area contributed by atoms with E-state index in [0.717, 1.165) is 0 Å². The van der Waals surface area contributed by atoms with Crippen molar-refractivity contribution in [2.24, 2.45) is 5.92 Å². The fourth-order valence-corrected chi connectivity index (χ4v) is 2.77. The Labute approximate surface area is 84.7 Å². The van der Waals surface area contributed by atoms with Gasteiger partial charge in [0.15, 0.2) is 0 Å². The molecule has 1 aliphatic heterocycles. The van der Waals surface area contributed by atoms with E-state index < -0.39 is 10.0 Å². The first kappa shape index (κ1) is 11.9. The van der Waals surface area contributed by atoms with Gasteiger partial charge in [0.05, 0.1) is 12.4 Å². The van der Waals surface area contributed by atoms with E-state index in [2.05, 4.69) is 0 Å². The normalized spacial score (nSPS) is 19.6. The van der Waals surface area contributed by atoms with Crippen LogP contribution in [0.15, 0.2) is 0 Å². The molecule has 14 heavy (non-hydrogen) atoms. The van der Waals surface area contributed by atoms with Gasteiger partial charge in [-0.05, 0) is 6.92 Å². The van der Waals surface area contributed by atoms with Crippen LogP contribution in [-0.4, -0.2) is 56.5 Å². The molecule has 0 atom stereocenters. The summed E-state index contributed by atoms with van der Waals surface area (Å²) in [4.78, 5) is 0. The predicted molar refractivity (Wildman–Crippen MR) is 52.4 cm³/mol. The molecule has 0 aromatic heterocycles. The molecule has 84 valence electrons. The van der Waals surface area contributed by atoms with E-state index in [9.17, 15) is 8.42 Å². The molecular weight excluding hydrogens is 206 g/mol. The minimum atomic E-state index is -3.14. The number of sulfonamides is 1. The highest BCUT2D eigenvalue weighted by Crippen LogP contribution is 2.18. The highest BCUT2D eigenvalue weighted by Gasteiger charge is 2.34. The standard InChI is InChI=1S/C8H17NO4S/c1-2-13-3-4-14(11,12)9-5-8(6-9)7-10/h8,10H,2-7H2,1H3. The summed E-state index contributed by atoms with van der Waals surface area (Å²) >= 11 is 0. The zero-order chi connectivity index (χ0) is 10.6. The predicted octanol–water partition coefficient (Wildman–Crippen LogP) is -0.723. The van der Waals surface area contributed by atoms with Crippen LogP contribution in [-0.2, 0) is 14.8 Å². The molecule has 1 rings (SSSR count). The first-order valence-electron chi connectivity index (χ1n) is 4.76. The van der Waals surface area contributed by atoms with Crippen molar-refractivity contribution >= 4 is 10.0 Å². The van der Waals surface area contributed by atoms with Crippen LogP contribution >= 0.6 is 0 Å². The van der Waals surface area contributed by atoms with Crippen LogP contribution in [0.4, 0.5) is 0 Å². The minimum Gasteiger partial charge on any atom is -0.396 e. The lowest BCUT2D eigenvalue weighted by Gasteiger charge is -2.36. The van der Waals surface area contributed by atoms with Crippen molar-refractivity contribution in [3.63, 3.8) is 0 Å². The van der Waals surface area contributed by atoms with Gasteiger partial charge in [0.1, 0.15) is 0 Å². The number of hydrogen-bond donors (Lipinski definition) is 1. The van der Waals surface area contributed by atoms with E-state index in [-0.39, 0.29) is 24.9 Å². The summed E-state index contributed by atoms with van der Waals surface area (Å²) in [5.74, 6) is 0.163. The van der Waals surface area contributed by atoms with Crippen molar-refractivity contribution in [3.8, 4) is 0 Å². The number of ether oxygens (including phenoxy) is 1. The first-order valence-corrected chi connectivity index (χ1v) is 6.37. The monoisotopic (exact) mass is 223 g/mol. The molecule has 0 amide bonds. The maximum absolute atomic E-state index is 11.5. The highest BCUT2D eigenvalue weighted by molar-refractivity contribution is 7.89. The van der Waals surface area contributed by atoms with Gasteiger partial charge in [0.25, 0.3) is 0 Å². The second kappa shape index (κ2) is 5.06. The van der Waals surface area contributed by atoms with Gasteiger partial charge >= 0.3 is 0 Å². The fraction of sp³-hybridized carbons (Fsp3) is 1.00. The van der Waals surface area contributed by atoms with Gasteiger partial charge in [-0.25, -0.2) is 12.7 Å². The largest absolute Gasteiger partial charge is 0.396 e. The average Bonchev–Trinajstić information content (AvgIpc) is 2.02. The van der Waals surface area contributed by atoms with Gasteiger partial charge in [-0.15, -0.1) is 0 Å². The van der Waals surface area contributed by atoms with Crippen molar-refractivity contribution in [3.05, 3.63) is 0 Å². The van der Waals surface area contributed by atoms with Gasteiger partial charge < -0.3 is 9.84 Å². The zero-order valence-electron chi connectivity index (χ0n) is 8.35. The Morgan fingerprint density at radius 1 is 1.50 bits per heavy atom. The molecule has 0 spiro atoms. The van der Waals surface area contributed by atoms with Gasteiger partial charge in [0.2, 0.25) is 10.0 Å². The molecule has 1 N–H and O–H groups in total. The van der Waals surface area contributed by atoms with Gasteiger partial charge in [-0.1, -0.05) is 0 Å². The van der Waals surface area contributed by atoms with Crippen LogP contribution in [0.25, 0.3) is 0 Å². The Balaban J connectivity index is 2.29. The van der Waals surface area contributed by atoms with Crippen LogP contribution < -0.4 is 0 Å². The van der Waals surface area contributed by atoms with Crippen LogP contribution in [0.5, 0.6) is 0 Å². The van der Waals surface area contributed by atoms with Crippen LogP contribution in [0, 0.1) is 5.92 Å². The van der Waals surface area contributed by atoms with Gasteiger partial charge in [0, 0.05) is 32.2 Å². The summed E-state index contributed by atoms with van der Waals surface area (Å²) in [6.45, 7) is 3.58. The summed E-state index contributed by atoms with van der Waals surface area (Å²) in [6.07, 6.45) is 0.